The summed E-state index contributed by atoms with van der Waals surface area (Å²) in [5.41, 5.74) is 2.19. The maximum atomic E-state index is 13.0. The van der Waals surface area contributed by atoms with E-state index in [0.717, 1.165) is 17.5 Å². The van der Waals surface area contributed by atoms with E-state index in [1.165, 1.54) is 6.07 Å². The lowest BCUT2D eigenvalue weighted by molar-refractivity contribution is 0.0214. The molecule has 1 aliphatic heterocycles. The predicted molar refractivity (Wildman–Crippen MR) is 57.3 cm³/mol. The second-order valence-electron chi connectivity index (χ2n) is 3.96. The Morgan fingerprint density at radius 3 is 3.07 bits per heavy atom. The Hall–Kier alpha value is -0.930. The molecule has 0 spiro atoms. The molecule has 0 aliphatic carbocycles. The summed E-state index contributed by atoms with van der Waals surface area (Å²) in [5.74, 6) is -0.161. The zero-order valence-electron chi connectivity index (χ0n) is 9.09. The van der Waals surface area contributed by atoms with Gasteiger partial charge in [-0.25, -0.2) is 4.39 Å². The van der Waals surface area contributed by atoms with E-state index in [1.807, 2.05) is 13.1 Å². The minimum absolute atomic E-state index is 0.0411. The molecule has 1 aromatic carbocycles. The highest BCUT2D eigenvalue weighted by atomic mass is 19.1. The van der Waals surface area contributed by atoms with Crippen molar-refractivity contribution < 1.29 is 9.13 Å². The zero-order chi connectivity index (χ0) is 10.8. The Labute approximate surface area is 89.4 Å². The van der Waals surface area contributed by atoms with Gasteiger partial charge in [-0.3, -0.25) is 0 Å². The first-order valence-corrected chi connectivity index (χ1v) is 5.29. The molecule has 1 aliphatic rings. The van der Waals surface area contributed by atoms with Crippen molar-refractivity contribution in [2.45, 2.75) is 25.5 Å². The summed E-state index contributed by atoms with van der Waals surface area (Å²) in [6, 6.07) is 5.20. The second-order valence-corrected chi connectivity index (χ2v) is 3.96. The van der Waals surface area contributed by atoms with Gasteiger partial charge in [-0.15, -0.1) is 0 Å². The van der Waals surface area contributed by atoms with Crippen LogP contribution >= 0.6 is 0 Å². The molecule has 1 N–H and O–H groups in total. The van der Waals surface area contributed by atoms with E-state index < -0.39 is 0 Å². The van der Waals surface area contributed by atoms with Gasteiger partial charge in [-0.2, -0.15) is 0 Å². The van der Waals surface area contributed by atoms with E-state index in [9.17, 15) is 4.39 Å². The normalized spacial score (nSPS) is 22.2. The van der Waals surface area contributed by atoms with E-state index in [4.69, 9.17) is 4.74 Å². The summed E-state index contributed by atoms with van der Waals surface area (Å²) in [6.07, 6.45) is 0.847. The molecular formula is C12H16FNO. The van der Waals surface area contributed by atoms with Crippen LogP contribution in [0.4, 0.5) is 4.39 Å². The molecule has 3 heteroatoms. The van der Waals surface area contributed by atoms with Crippen molar-refractivity contribution in [1.82, 2.24) is 5.32 Å². The zero-order valence-corrected chi connectivity index (χ0v) is 9.09. The van der Waals surface area contributed by atoms with E-state index in [0.29, 0.717) is 6.61 Å². The summed E-state index contributed by atoms with van der Waals surface area (Å²) in [5, 5.41) is 3.17. The van der Waals surface area contributed by atoms with Gasteiger partial charge in [0.05, 0.1) is 12.7 Å². The topological polar surface area (TPSA) is 21.3 Å². The van der Waals surface area contributed by atoms with Crippen LogP contribution in [0.25, 0.3) is 0 Å². The fourth-order valence-electron chi connectivity index (χ4n) is 2.02. The van der Waals surface area contributed by atoms with Crippen LogP contribution in [-0.2, 0) is 11.2 Å². The molecule has 2 atom stereocenters. The van der Waals surface area contributed by atoms with Crippen molar-refractivity contribution in [3.63, 3.8) is 0 Å². The van der Waals surface area contributed by atoms with Gasteiger partial charge in [0.15, 0.2) is 0 Å². The Morgan fingerprint density at radius 2 is 2.33 bits per heavy atom. The smallest absolute Gasteiger partial charge is 0.123 e. The van der Waals surface area contributed by atoms with Gasteiger partial charge in [0.2, 0.25) is 0 Å². The van der Waals surface area contributed by atoms with Crippen molar-refractivity contribution in [2.75, 3.05) is 13.7 Å². The molecule has 0 saturated heterocycles. The second kappa shape index (κ2) is 4.29. The lowest BCUT2D eigenvalue weighted by Crippen LogP contribution is -2.33. The van der Waals surface area contributed by atoms with Gasteiger partial charge in [0.1, 0.15) is 5.82 Å². The number of ether oxygens (including phenoxy) is 1. The van der Waals surface area contributed by atoms with Crippen molar-refractivity contribution in [2.24, 2.45) is 0 Å². The molecule has 0 radical (unpaired) electrons. The molecule has 0 unspecified atom stereocenters. The third-order valence-electron chi connectivity index (χ3n) is 2.99. The lowest BCUT2D eigenvalue weighted by Gasteiger charge is -2.30. The average molecular weight is 209 g/mol. The van der Waals surface area contributed by atoms with Gasteiger partial charge in [0.25, 0.3) is 0 Å². The number of hydrogen-bond acceptors (Lipinski definition) is 2. The van der Waals surface area contributed by atoms with Gasteiger partial charge < -0.3 is 10.1 Å². The molecule has 1 heterocycles. The number of hydrogen-bond donors (Lipinski definition) is 1. The summed E-state index contributed by atoms with van der Waals surface area (Å²) in [4.78, 5) is 0. The van der Waals surface area contributed by atoms with Crippen molar-refractivity contribution >= 4 is 0 Å². The maximum absolute atomic E-state index is 13.0. The van der Waals surface area contributed by atoms with E-state index in [1.54, 1.807) is 6.07 Å². The Morgan fingerprint density at radius 1 is 1.53 bits per heavy atom. The van der Waals surface area contributed by atoms with Crippen molar-refractivity contribution in [3.05, 3.63) is 35.1 Å². The fraction of sp³-hybridized carbons (Fsp3) is 0.500. The molecule has 0 saturated carbocycles. The third-order valence-corrected chi connectivity index (χ3v) is 2.99. The maximum Gasteiger partial charge on any atom is 0.123 e. The van der Waals surface area contributed by atoms with Crippen LogP contribution in [0.1, 0.15) is 24.2 Å². The minimum Gasteiger partial charge on any atom is -0.372 e. The van der Waals surface area contributed by atoms with E-state index in [-0.39, 0.29) is 18.0 Å². The number of benzene rings is 1. The molecule has 0 aromatic heterocycles. The summed E-state index contributed by atoms with van der Waals surface area (Å²) >= 11 is 0. The Kier molecular flexibility index (Phi) is 3.03. The van der Waals surface area contributed by atoms with E-state index in [2.05, 4.69) is 12.2 Å². The highest BCUT2D eigenvalue weighted by molar-refractivity contribution is 5.32. The molecule has 82 valence electrons. The van der Waals surface area contributed by atoms with Gasteiger partial charge in [0, 0.05) is 6.04 Å². The molecule has 2 nitrogen and oxygen atoms in total. The minimum atomic E-state index is -0.161. The van der Waals surface area contributed by atoms with Crippen LogP contribution in [0.3, 0.4) is 0 Å². The predicted octanol–water partition coefficient (Wildman–Crippen LogP) is 2.05. The first-order chi connectivity index (χ1) is 7.22. The van der Waals surface area contributed by atoms with Crippen molar-refractivity contribution in [3.8, 4) is 0 Å². The quantitative estimate of drug-likeness (QED) is 0.805. The van der Waals surface area contributed by atoms with Crippen LogP contribution in [0.2, 0.25) is 0 Å². The summed E-state index contributed by atoms with van der Waals surface area (Å²) in [6.45, 7) is 2.75. The number of nitrogens with one attached hydrogen (secondary N) is 1. The Balaban J connectivity index is 2.34. The number of halogens is 1. The van der Waals surface area contributed by atoms with Gasteiger partial charge in [-0.1, -0.05) is 6.07 Å². The molecule has 15 heavy (non-hydrogen) atoms. The van der Waals surface area contributed by atoms with Crippen LogP contribution in [0.15, 0.2) is 18.2 Å². The van der Waals surface area contributed by atoms with Crippen LogP contribution in [0.5, 0.6) is 0 Å². The molecular weight excluding hydrogens is 193 g/mol. The highest BCUT2D eigenvalue weighted by Gasteiger charge is 2.25. The molecule has 1 aromatic rings. The van der Waals surface area contributed by atoms with Gasteiger partial charge in [-0.05, 0) is 43.7 Å². The number of fused-ring (bicyclic) bond motifs is 1. The highest BCUT2D eigenvalue weighted by Crippen LogP contribution is 2.29. The molecule has 0 bridgehead atoms. The average Bonchev–Trinajstić information content (AvgIpc) is 2.26. The largest absolute Gasteiger partial charge is 0.372 e. The van der Waals surface area contributed by atoms with Crippen molar-refractivity contribution in [1.29, 1.82) is 0 Å². The van der Waals surface area contributed by atoms with Crippen LogP contribution in [-0.4, -0.2) is 19.7 Å². The van der Waals surface area contributed by atoms with Crippen LogP contribution in [0, 0.1) is 5.82 Å². The Bertz CT molecular complexity index is 353. The number of likely N-dealkylation sites (N-methyl/N-ethyl adjacent to an activating group) is 1. The van der Waals surface area contributed by atoms with Gasteiger partial charge >= 0.3 is 0 Å². The molecule has 2 rings (SSSR count). The lowest BCUT2D eigenvalue weighted by atomic mass is 9.94. The summed E-state index contributed by atoms with van der Waals surface area (Å²) < 4.78 is 18.8. The monoisotopic (exact) mass is 209 g/mol. The molecule has 0 fully saturated rings. The fourth-order valence-corrected chi connectivity index (χ4v) is 2.02. The van der Waals surface area contributed by atoms with Crippen LogP contribution < -0.4 is 5.32 Å². The SMILES string of the molecule is CN[C@H](C)[C@H]1OCCc2cc(F)ccc21. The first kappa shape index (κ1) is 10.6. The third kappa shape index (κ3) is 2.03. The summed E-state index contributed by atoms with van der Waals surface area (Å²) in [7, 11) is 1.91. The first-order valence-electron chi connectivity index (χ1n) is 5.29. The van der Waals surface area contributed by atoms with E-state index >= 15 is 0 Å². The standard InChI is InChI=1S/C12H16FNO/c1-8(14-2)12-11-4-3-10(13)7-9(11)5-6-15-12/h3-4,7-8,12,14H,5-6H2,1-2H3/t8-,12-/m1/s1. The molecule has 0 amide bonds. The number of rotatable bonds is 2.